The van der Waals surface area contributed by atoms with Gasteiger partial charge in [0.25, 0.3) is 5.91 Å². The minimum Gasteiger partial charge on any atom is -0.448 e. The van der Waals surface area contributed by atoms with Crippen molar-refractivity contribution in [2.24, 2.45) is 15.8 Å². The van der Waals surface area contributed by atoms with Gasteiger partial charge in [-0.1, -0.05) is 27.2 Å². The van der Waals surface area contributed by atoms with E-state index in [1.807, 2.05) is 20.8 Å². The van der Waals surface area contributed by atoms with Gasteiger partial charge >= 0.3 is 5.97 Å². The molecule has 0 aromatic carbocycles. The molecule has 0 radical (unpaired) electrons. The molecule has 1 amide bonds. The van der Waals surface area contributed by atoms with Gasteiger partial charge in [-0.25, -0.2) is 0 Å². The molecule has 2 fully saturated rings. The Balaban J connectivity index is 2.05. The normalized spacial score (nSPS) is 30.0. The number of amides is 1. The summed E-state index contributed by atoms with van der Waals surface area (Å²) in [5.74, 6) is -0.563. The van der Waals surface area contributed by atoms with Gasteiger partial charge in [-0.3, -0.25) is 13.5 Å². The first-order chi connectivity index (χ1) is 12.4. The minimum absolute atomic E-state index is 0.0637. The lowest BCUT2D eigenvalue weighted by Gasteiger charge is -2.33. The molecule has 6 heteroatoms. The molecule has 0 N–H and O–H groups in total. The highest BCUT2D eigenvalue weighted by Gasteiger charge is 2.75. The Morgan fingerprint density at radius 1 is 1.30 bits per heavy atom. The van der Waals surface area contributed by atoms with E-state index in [0.29, 0.717) is 12.8 Å². The number of fused-ring (bicyclic) bond motifs is 2. The Morgan fingerprint density at radius 2 is 1.96 bits per heavy atom. The molecule has 1 saturated carbocycles. The van der Waals surface area contributed by atoms with Gasteiger partial charge < -0.3 is 4.74 Å². The molecule has 1 saturated heterocycles. The van der Waals surface area contributed by atoms with Crippen molar-refractivity contribution in [2.45, 2.75) is 91.7 Å². The molecule has 27 heavy (non-hydrogen) atoms. The molecule has 2 heterocycles. The number of carbonyl (C=O) groups is 2. The highest BCUT2D eigenvalue weighted by atomic mass is 32.1. The predicted octanol–water partition coefficient (Wildman–Crippen LogP) is 4.20. The van der Waals surface area contributed by atoms with Gasteiger partial charge in [0.1, 0.15) is 4.67 Å². The summed E-state index contributed by atoms with van der Waals surface area (Å²) in [6.07, 6.45) is 6.40. The number of ether oxygens (including phenoxy) is 1. The second kappa shape index (κ2) is 6.29. The fourth-order valence-electron chi connectivity index (χ4n) is 4.24. The third kappa shape index (κ3) is 2.82. The van der Waals surface area contributed by atoms with Crippen LogP contribution in [0.4, 0.5) is 0 Å². The van der Waals surface area contributed by atoms with Gasteiger partial charge in [-0.2, -0.15) is 4.99 Å². The van der Waals surface area contributed by atoms with Crippen molar-refractivity contribution in [3.8, 4) is 0 Å². The molecule has 0 unspecified atom stereocenters. The van der Waals surface area contributed by atoms with Gasteiger partial charge in [-0.15, -0.1) is 0 Å². The lowest BCUT2D eigenvalue weighted by molar-refractivity contribution is -0.166. The molecule has 2 aliphatic rings. The van der Waals surface area contributed by atoms with Crippen LogP contribution in [0.3, 0.4) is 0 Å². The summed E-state index contributed by atoms with van der Waals surface area (Å²) in [6.45, 7) is 14.4. The lowest BCUT2D eigenvalue weighted by Crippen LogP contribution is -2.47. The first kappa shape index (κ1) is 20.3. The van der Waals surface area contributed by atoms with Crippen molar-refractivity contribution >= 4 is 23.4 Å². The molecule has 2 atom stereocenters. The van der Waals surface area contributed by atoms with Gasteiger partial charge in [0.15, 0.2) is 5.60 Å². The summed E-state index contributed by atoms with van der Waals surface area (Å²) in [5, 5.41) is 0. The Hall–Kier alpha value is -1.43. The number of esters is 1. The monoisotopic (exact) mass is 392 g/mol. The summed E-state index contributed by atoms with van der Waals surface area (Å²) in [6, 6.07) is 0. The van der Waals surface area contributed by atoms with Gasteiger partial charge in [0.05, 0.1) is 5.41 Å². The summed E-state index contributed by atoms with van der Waals surface area (Å²) in [7, 11) is 0. The maximum absolute atomic E-state index is 13.3. The Morgan fingerprint density at radius 3 is 2.44 bits per heavy atom. The quantitative estimate of drug-likeness (QED) is 0.722. The molecule has 1 aromatic rings. The van der Waals surface area contributed by atoms with E-state index in [9.17, 15) is 9.59 Å². The summed E-state index contributed by atoms with van der Waals surface area (Å²) < 4.78 is 8.62. The average Bonchev–Trinajstić information content (AvgIpc) is 3.10. The van der Waals surface area contributed by atoms with Crippen LogP contribution in [0.5, 0.6) is 0 Å². The second-order valence-corrected chi connectivity index (χ2v) is 10.7. The molecular formula is C21H32N2O3S. The standard InChI is InChI=1S/C21H32N2O3S/c1-8-9-10-14-13-23(18(2,3)4)27-15(14)22-16(24)21-12-11-20(7,17(25)26-21)19(21,5)6/h13H,8-12H2,1-7H3/t20-,21+/m0/s1. The van der Waals surface area contributed by atoms with E-state index in [-0.39, 0.29) is 17.4 Å². The van der Waals surface area contributed by atoms with Gasteiger partial charge in [-0.05, 0) is 64.9 Å². The summed E-state index contributed by atoms with van der Waals surface area (Å²) in [5.41, 5.74) is -1.25. The average molecular weight is 393 g/mol. The van der Waals surface area contributed by atoms with Crippen LogP contribution in [0.1, 0.15) is 79.7 Å². The van der Waals surface area contributed by atoms with E-state index in [1.54, 1.807) is 0 Å². The zero-order chi connectivity index (χ0) is 20.3. The predicted molar refractivity (Wildman–Crippen MR) is 106 cm³/mol. The van der Waals surface area contributed by atoms with E-state index in [2.05, 4.69) is 42.8 Å². The third-order valence-electron chi connectivity index (χ3n) is 6.83. The van der Waals surface area contributed by atoms with Crippen LogP contribution in [0.25, 0.3) is 0 Å². The number of hydrogen-bond acceptors (Lipinski definition) is 4. The highest BCUT2D eigenvalue weighted by molar-refractivity contribution is 7.04. The fourth-order valence-corrected chi connectivity index (χ4v) is 5.28. The van der Waals surface area contributed by atoms with E-state index < -0.39 is 16.4 Å². The van der Waals surface area contributed by atoms with Crippen LogP contribution in [-0.4, -0.2) is 21.4 Å². The van der Waals surface area contributed by atoms with Crippen molar-refractivity contribution in [3.05, 3.63) is 16.4 Å². The van der Waals surface area contributed by atoms with E-state index in [4.69, 9.17) is 4.74 Å². The van der Waals surface area contributed by atoms with Gasteiger partial charge in [0.2, 0.25) is 0 Å². The second-order valence-electron chi connectivity index (χ2n) is 9.74. The van der Waals surface area contributed by atoms with Crippen molar-refractivity contribution in [2.75, 3.05) is 0 Å². The number of hydrogen-bond donors (Lipinski definition) is 0. The zero-order valence-electron chi connectivity index (χ0n) is 17.6. The minimum atomic E-state index is -1.13. The van der Waals surface area contributed by atoms with Crippen molar-refractivity contribution in [3.63, 3.8) is 0 Å². The molecule has 1 aliphatic carbocycles. The Bertz CT molecular complexity index is 842. The van der Waals surface area contributed by atoms with Crippen LogP contribution in [0.2, 0.25) is 0 Å². The molecular weight excluding hydrogens is 360 g/mol. The number of rotatable bonds is 4. The van der Waals surface area contributed by atoms with Crippen molar-refractivity contribution in [1.82, 2.24) is 3.96 Å². The maximum atomic E-state index is 13.3. The number of nitrogens with zero attached hydrogens (tertiary/aromatic N) is 2. The molecule has 1 aromatic heterocycles. The molecule has 3 rings (SSSR count). The fraction of sp³-hybridized carbons (Fsp3) is 0.762. The molecule has 2 bridgehead atoms. The highest BCUT2D eigenvalue weighted by Crippen LogP contribution is 2.65. The van der Waals surface area contributed by atoms with Crippen molar-refractivity contribution in [1.29, 1.82) is 0 Å². The first-order valence-electron chi connectivity index (χ1n) is 9.94. The molecule has 5 nitrogen and oxygen atoms in total. The van der Waals surface area contributed by atoms with E-state index in [1.165, 1.54) is 11.5 Å². The molecule has 0 spiro atoms. The largest absolute Gasteiger partial charge is 0.448 e. The topological polar surface area (TPSA) is 60.7 Å². The van der Waals surface area contributed by atoms with Gasteiger partial charge in [0, 0.05) is 22.7 Å². The number of unbranched alkanes of at least 4 members (excludes halogenated alkanes) is 1. The van der Waals surface area contributed by atoms with Crippen molar-refractivity contribution < 1.29 is 14.3 Å². The Labute approximate surface area is 166 Å². The van der Waals surface area contributed by atoms with Crippen LogP contribution >= 0.6 is 11.5 Å². The lowest BCUT2D eigenvalue weighted by atomic mass is 9.66. The molecule has 1 aliphatic heterocycles. The Kier molecular flexibility index (Phi) is 4.73. The number of aromatic nitrogens is 1. The van der Waals surface area contributed by atoms with Crippen LogP contribution < -0.4 is 4.67 Å². The SMILES string of the molecule is CCCCc1cn(C(C)(C)C)sc1=NC(=O)[C@@]12CC[C@@](C)(C(=O)O1)C2(C)C. The van der Waals surface area contributed by atoms with E-state index >= 15 is 0 Å². The third-order valence-corrected chi connectivity index (χ3v) is 8.20. The zero-order valence-corrected chi connectivity index (χ0v) is 18.5. The summed E-state index contributed by atoms with van der Waals surface area (Å²) in [4.78, 5) is 30.3. The summed E-state index contributed by atoms with van der Waals surface area (Å²) >= 11 is 1.52. The van der Waals surface area contributed by atoms with Crippen LogP contribution in [0.15, 0.2) is 11.2 Å². The molecule has 150 valence electrons. The smallest absolute Gasteiger partial charge is 0.313 e. The first-order valence-corrected chi connectivity index (χ1v) is 10.7. The maximum Gasteiger partial charge on any atom is 0.313 e. The van der Waals surface area contributed by atoms with Crippen LogP contribution in [-0.2, 0) is 26.3 Å². The van der Waals surface area contributed by atoms with E-state index in [0.717, 1.165) is 29.5 Å². The number of carbonyl (C=O) groups excluding carboxylic acids is 2. The number of aryl methyl sites for hydroxylation is 1. The van der Waals surface area contributed by atoms with Crippen LogP contribution in [0, 0.1) is 10.8 Å².